The summed E-state index contributed by atoms with van der Waals surface area (Å²) in [6, 6.07) is 11.6. The number of hydrogen-bond donors (Lipinski definition) is 1. The number of carbonyl (C=O) groups is 1. The van der Waals surface area contributed by atoms with Gasteiger partial charge in [-0.05, 0) is 57.5 Å². The lowest BCUT2D eigenvalue weighted by molar-refractivity contribution is -0.122. The largest absolute Gasteiger partial charge is 0.494 e. The van der Waals surface area contributed by atoms with Gasteiger partial charge in [0.1, 0.15) is 11.5 Å². The fourth-order valence-electron chi connectivity index (χ4n) is 2.60. The van der Waals surface area contributed by atoms with E-state index in [9.17, 15) is 4.79 Å². The summed E-state index contributed by atoms with van der Waals surface area (Å²) in [5.41, 5.74) is 3.00. The molecule has 0 aliphatic heterocycles. The van der Waals surface area contributed by atoms with Crippen LogP contribution >= 0.6 is 11.3 Å². The van der Waals surface area contributed by atoms with Crippen molar-refractivity contribution < 1.29 is 14.3 Å². The van der Waals surface area contributed by atoms with Crippen LogP contribution in [0.25, 0.3) is 10.2 Å². The van der Waals surface area contributed by atoms with E-state index in [1.54, 1.807) is 6.92 Å². The first-order chi connectivity index (χ1) is 12.5. The molecule has 1 atom stereocenters. The number of nitrogens with one attached hydrogen (secondary N) is 1. The fourth-order valence-corrected chi connectivity index (χ4v) is 3.49. The molecule has 0 aliphatic carbocycles. The monoisotopic (exact) mass is 370 g/mol. The molecule has 2 aromatic carbocycles. The molecule has 0 radical (unpaired) electrons. The zero-order chi connectivity index (χ0) is 18.7. The molecule has 6 heteroatoms. The summed E-state index contributed by atoms with van der Waals surface area (Å²) >= 11 is 1.42. The third kappa shape index (κ3) is 4.14. The highest BCUT2D eigenvalue weighted by molar-refractivity contribution is 7.22. The van der Waals surface area contributed by atoms with Crippen LogP contribution in [0, 0.1) is 13.8 Å². The minimum absolute atomic E-state index is 0.228. The summed E-state index contributed by atoms with van der Waals surface area (Å²) in [5.74, 6) is 1.28. The molecule has 0 fully saturated rings. The van der Waals surface area contributed by atoms with Crippen LogP contribution in [0.15, 0.2) is 36.4 Å². The predicted octanol–water partition coefficient (Wildman–Crippen LogP) is 4.72. The molecule has 0 bridgehead atoms. The fraction of sp³-hybridized carbons (Fsp3) is 0.300. The maximum atomic E-state index is 12.4. The van der Waals surface area contributed by atoms with Crippen molar-refractivity contribution in [3.8, 4) is 11.5 Å². The van der Waals surface area contributed by atoms with E-state index in [2.05, 4.69) is 10.3 Å². The van der Waals surface area contributed by atoms with E-state index in [1.165, 1.54) is 11.3 Å². The van der Waals surface area contributed by atoms with E-state index in [-0.39, 0.29) is 5.91 Å². The number of benzene rings is 2. The van der Waals surface area contributed by atoms with Crippen molar-refractivity contribution in [2.24, 2.45) is 0 Å². The van der Waals surface area contributed by atoms with Crippen LogP contribution in [0.3, 0.4) is 0 Å². The zero-order valence-corrected chi connectivity index (χ0v) is 16.1. The lowest BCUT2D eigenvalue weighted by Gasteiger charge is -2.15. The topological polar surface area (TPSA) is 60.5 Å². The number of nitrogens with zero attached hydrogens (tertiary/aromatic N) is 1. The number of ether oxygens (including phenoxy) is 2. The summed E-state index contributed by atoms with van der Waals surface area (Å²) in [6.07, 6.45) is -0.623. The number of anilines is 1. The molecule has 1 amide bonds. The smallest absolute Gasteiger partial charge is 0.266 e. The number of aryl methyl sites for hydroxylation is 2. The molecule has 0 spiro atoms. The highest BCUT2D eigenvalue weighted by atomic mass is 32.1. The lowest BCUT2D eigenvalue weighted by atomic mass is 10.1. The summed E-state index contributed by atoms with van der Waals surface area (Å²) < 4.78 is 12.3. The van der Waals surface area contributed by atoms with Crippen molar-refractivity contribution in [3.05, 3.63) is 47.5 Å². The van der Waals surface area contributed by atoms with Gasteiger partial charge in [0.15, 0.2) is 11.2 Å². The van der Waals surface area contributed by atoms with E-state index in [0.29, 0.717) is 17.5 Å². The van der Waals surface area contributed by atoms with Crippen LogP contribution in [-0.4, -0.2) is 23.6 Å². The Morgan fingerprint density at radius 1 is 1.23 bits per heavy atom. The first-order valence-corrected chi connectivity index (χ1v) is 9.36. The predicted molar refractivity (Wildman–Crippen MR) is 105 cm³/mol. The van der Waals surface area contributed by atoms with Gasteiger partial charge in [0.05, 0.1) is 16.8 Å². The number of amides is 1. The summed E-state index contributed by atoms with van der Waals surface area (Å²) in [5, 5.41) is 3.39. The highest BCUT2D eigenvalue weighted by Gasteiger charge is 2.17. The third-order valence-corrected chi connectivity index (χ3v) is 4.84. The molecule has 3 aromatic rings. The second-order valence-electron chi connectivity index (χ2n) is 6.10. The SMILES string of the molecule is CCOc1ccc2nc(NC(=O)C(C)Oc3ccc(C)cc3C)sc2c1. The molecular formula is C20H22N2O3S. The van der Waals surface area contributed by atoms with Crippen LogP contribution in [-0.2, 0) is 4.79 Å². The van der Waals surface area contributed by atoms with Crippen molar-refractivity contribution in [3.63, 3.8) is 0 Å². The first-order valence-electron chi connectivity index (χ1n) is 8.54. The molecule has 26 heavy (non-hydrogen) atoms. The third-order valence-electron chi connectivity index (χ3n) is 3.90. The van der Waals surface area contributed by atoms with Gasteiger partial charge in [-0.1, -0.05) is 29.0 Å². The first kappa shape index (κ1) is 18.2. The van der Waals surface area contributed by atoms with Gasteiger partial charge in [0.25, 0.3) is 5.91 Å². The van der Waals surface area contributed by atoms with Crippen molar-refractivity contribution in [2.45, 2.75) is 33.8 Å². The summed E-state index contributed by atoms with van der Waals surface area (Å²) in [6.45, 7) is 8.28. The van der Waals surface area contributed by atoms with Gasteiger partial charge < -0.3 is 9.47 Å². The van der Waals surface area contributed by atoms with Gasteiger partial charge in [-0.2, -0.15) is 0 Å². The van der Waals surface area contributed by atoms with Gasteiger partial charge in [0.2, 0.25) is 0 Å². The van der Waals surface area contributed by atoms with Crippen molar-refractivity contribution >= 4 is 32.6 Å². The van der Waals surface area contributed by atoms with E-state index in [4.69, 9.17) is 9.47 Å². The van der Waals surface area contributed by atoms with Crippen LogP contribution in [0.1, 0.15) is 25.0 Å². The molecule has 0 saturated heterocycles. The Labute approximate surface area is 157 Å². The van der Waals surface area contributed by atoms with Crippen LogP contribution in [0.4, 0.5) is 5.13 Å². The number of aromatic nitrogens is 1. The number of rotatable bonds is 6. The zero-order valence-electron chi connectivity index (χ0n) is 15.3. The summed E-state index contributed by atoms with van der Waals surface area (Å²) in [7, 11) is 0. The summed E-state index contributed by atoms with van der Waals surface area (Å²) in [4.78, 5) is 16.9. The van der Waals surface area contributed by atoms with Crippen molar-refractivity contribution in [1.29, 1.82) is 0 Å². The van der Waals surface area contributed by atoms with Gasteiger partial charge in [-0.3, -0.25) is 10.1 Å². The minimum atomic E-state index is -0.623. The van der Waals surface area contributed by atoms with Gasteiger partial charge in [-0.15, -0.1) is 0 Å². The molecule has 1 heterocycles. The Morgan fingerprint density at radius 3 is 2.77 bits per heavy atom. The standard InChI is InChI=1S/C20H22N2O3S/c1-5-24-15-7-8-16-18(11-15)26-20(21-16)22-19(23)14(4)25-17-9-6-12(2)10-13(17)3/h6-11,14H,5H2,1-4H3,(H,21,22,23). The number of hydrogen-bond acceptors (Lipinski definition) is 5. The molecular weight excluding hydrogens is 348 g/mol. The second kappa shape index (κ2) is 7.74. The molecule has 3 rings (SSSR count). The maximum Gasteiger partial charge on any atom is 0.266 e. The molecule has 1 unspecified atom stereocenters. The van der Waals surface area contributed by atoms with Crippen LogP contribution in [0.5, 0.6) is 11.5 Å². The van der Waals surface area contributed by atoms with Crippen molar-refractivity contribution in [2.75, 3.05) is 11.9 Å². The molecule has 136 valence electrons. The van der Waals surface area contributed by atoms with Crippen LogP contribution in [0.2, 0.25) is 0 Å². The van der Waals surface area contributed by atoms with E-state index in [0.717, 1.165) is 27.1 Å². The second-order valence-corrected chi connectivity index (χ2v) is 7.13. The highest BCUT2D eigenvalue weighted by Crippen LogP contribution is 2.29. The lowest BCUT2D eigenvalue weighted by Crippen LogP contribution is -2.30. The van der Waals surface area contributed by atoms with E-state index in [1.807, 2.05) is 57.2 Å². The average Bonchev–Trinajstić information content (AvgIpc) is 2.99. The average molecular weight is 370 g/mol. The normalized spacial score (nSPS) is 12.0. The Bertz CT molecular complexity index is 936. The molecule has 1 aromatic heterocycles. The Balaban J connectivity index is 1.69. The molecule has 0 aliphatic rings. The maximum absolute atomic E-state index is 12.4. The molecule has 0 saturated carbocycles. The quantitative estimate of drug-likeness (QED) is 0.682. The minimum Gasteiger partial charge on any atom is -0.494 e. The van der Waals surface area contributed by atoms with E-state index >= 15 is 0 Å². The Hall–Kier alpha value is -2.60. The van der Waals surface area contributed by atoms with Gasteiger partial charge in [0, 0.05) is 0 Å². The Morgan fingerprint density at radius 2 is 2.04 bits per heavy atom. The van der Waals surface area contributed by atoms with Gasteiger partial charge in [-0.25, -0.2) is 4.98 Å². The Kier molecular flexibility index (Phi) is 5.42. The number of carbonyl (C=O) groups excluding carboxylic acids is 1. The van der Waals surface area contributed by atoms with Crippen LogP contribution < -0.4 is 14.8 Å². The molecule has 1 N–H and O–H groups in total. The molecule has 5 nitrogen and oxygen atoms in total. The number of fused-ring (bicyclic) bond motifs is 1. The number of thiazole rings is 1. The van der Waals surface area contributed by atoms with Gasteiger partial charge >= 0.3 is 0 Å². The van der Waals surface area contributed by atoms with Crippen molar-refractivity contribution in [1.82, 2.24) is 4.98 Å². The van der Waals surface area contributed by atoms with E-state index < -0.39 is 6.10 Å².